The first-order valence-electron chi connectivity index (χ1n) is 11.3. The van der Waals surface area contributed by atoms with Crippen LogP contribution in [0.1, 0.15) is 11.1 Å². The molecule has 1 aliphatic rings. The number of ether oxygens (including phenoxy) is 1. The van der Waals surface area contributed by atoms with Crippen LogP contribution in [0.5, 0.6) is 11.5 Å². The summed E-state index contributed by atoms with van der Waals surface area (Å²) in [6.45, 7) is 1.51. The average Bonchev–Trinajstić information content (AvgIpc) is 3.16. The van der Waals surface area contributed by atoms with Gasteiger partial charge in [-0.3, -0.25) is 19.8 Å². The van der Waals surface area contributed by atoms with E-state index in [2.05, 4.69) is 0 Å². The number of thioether (sulfide) groups is 1. The van der Waals surface area contributed by atoms with Crippen molar-refractivity contribution in [2.75, 3.05) is 31.0 Å². The van der Waals surface area contributed by atoms with E-state index in [9.17, 15) is 23.3 Å². The fraction of sp³-hybridized carbons (Fsp3) is 0.154. The van der Waals surface area contributed by atoms with Gasteiger partial charge in [-0.05, 0) is 61.0 Å². The number of carbonyl (C=O) groups is 1. The molecule has 1 aliphatic heterocycles. The summed E-state index contributed by atoms with van der Waals surface area (Å²) in [5.41, 5.74) is 2.15. The molecule has 39 heavy (non-hydrogen) atoms. The van der Waals surface area contributed by atoms with Crippen molar-refractivity contribution in [3.8, 4) is 11.5 Å². The molecule has 0 radical (unpaired) electrons. The van der Waals surface area contributed by atoms with Gasteiger partial charge in [0.2, 0.25) is 0 Å². The highest BCUT2D eigenvalue weighted by atomic mass is 32.2. The Morgan fingerprint density at radius 2 is 1.74 bits per heavy atom. The molecule has 0 N–H and O–H groups in total. The molecule has 3 aromatic carbocycles. The lowest BCUT2D eigenvalue weighted by Crippen LogP contribution is -2.27. The van der Waals surface area contributed by atoms with Gasteiger partial charge in [-0.15, -0.1) is 0 Å². The van der Waals surface area contributed by atoms with E-state index < -0.39 is 15.0 Å². The van der Waals surface area contributed by atoms with Crippen molar-refractivity contribution in [2.24, 2.45) is 0 Å². The fourth-order valence-corrected chi connectivity index (χ4v) is 5.95. The zero-order valence-electron chi connectivity index (χ0n) is 21.3. The van der Waals surface area contributed by atoms with Crippen molar-refractivity contribution in [2.45, 2.75) is 11.8 Å². The van der Waals surface area contributed by atoms with E-state index in [1.165, 1.54) is 43.2 Å². The maximum atomic E-state index is 13.2. The number of benzene rings is 3. The van der Waals surface area contributed by atoms with E-state index >= 15 is 0 Å². The first kappa shape index (κ1) is 28.1. The van der Waals surface area contributed by atoms with Crippen molar-refractivity contribution in [3.05, 3.63) is 86.8 Å². The lowest BCUT2D eigenvalue weighted by Gasteiger charge is -2.17. The highest BCUT2D eigenvalue weighted by Gasteiger charge is 2.33. The Labute approximate surface area is 235 Å². The predicted molar refractivity (Wildman–Crippen MR) is 155 cm³/mol. The third kappa shape index (κ3) is 5.90. The summed E-state index contributed by atoms with van der Waals surface area (Å²) in [6.07, 6.45) is 1.62. The number of hydrogen-bond donors (Lipinski definition) is 0. The normalized spacial score (nSPS) is 14.6. The molecule has 0 unspecified atom stereocenters. The van der Waals surface area contributed by atoms with Crippen molar-refractivity contribution < 1.29 is 27.1 Å². The number of anilines is 2. The minimum Gasteiger partial charge on any atom is -0.493 e. The minimum absolute atomic E-state index is 0.0867. The quantitative estimate of drug-likeness (QED) is 0.115. The second-order valence-electron chi connectivity index (χ2n) is 8.58. The number of rotatable bonds is 8. The molecule has 1 heterocycles. The molecule has 13 heteroatoms. The first-order chi connectivity index (χ1) is 18.4. The Hall–Kier alpha value is -3.94. The molecule has 0 bridgehead atoms. The van der Waals surface area contributed by atoms with Gasteiger partial charge in [0.05, 0.1) is 22.6 Å². The monoisotopic (exact) mass is 585 g/mol. The Kier molecular flexibility index (Phi) is 7.95. The maximum Gasteiger partial charge on any atom is 0.339 e. The summed E-state index contributed by atoms with van der Waals surface area (Å²) in [6, 6.07) is 15.4. The summed E-state index contributed by atoms with van der Waals surface area (Å²) in [4.78, 5) is 27.1. The molecule has 0 spiro atoms. The van der Waals surface area contributed by atoms with Crippen molar-refractivity contribution in [1.29, 1.82) is 0 Å². The van der Waals surface area contributed by atoms with Crippen LogP contribution in [0.3, 0.4) is 0 Å². The zero-order chi connectivity index (χ0) is 28.5. The Morgan fingerprint density at radius 3 is 2.36 bits per heavy atom. The zero-order valence-corrected chi connectivity index (χ0v) is 23.7. The fourth-order valence-electron chi connectivity index (χ4n) is 3.69. The van der Waals surface area contributed by atoms with Gasteiger partial charge < -0.3 is 13.8 Å². The third-order valence-electron chi connectivity index (χ3n) is 5.77. The second kappa shape index (κ2) is 11.0. The number of amides is 1. The van der Waals surface area contributed by atoms with Gasteiger partial charge in [-0.1, -0.05) is 36.1 Å². The summed E-state index contributed by atoms with van der Waals surface area (Å²) in [7, 11) is 0.783. The number of nitro benzene ring substituents is 1. The second-order valence-corrected chi connectivity index (χ2v) is 11.8. The number of carbonyl (C=O) groups excluding carboxylic acids is 1. The number of thiocarbonyl (C=S) groups is 1. The molecule has 202 valence electrons. The van der Waals surface area contributed by atoms with Crippen molar-refractivity contribution in [3.63, 3.8) is 0 Å². The molecular weight excluding hydrogens is 563 g/mol. The minimum atomic E-state index is -4.40. The van der Waals surface area contributed by atoms with E-state index in [4.69, 9.17) is 21.1 Å². The van der Waals surface area contributed by atoms with Crippen LogP contribution in [0, 0.1) is 17.0 Å². The van der Waals surface area contributed by atoms with Gasteiger partial charge in [0, 0.05) is 31.4 Å². The van der Waals surface area contributed by atoms with Crippen LogP contribution >= 0.6 is 24.0 Å². The topological polar surface area (TPSA) is 119 Å². The molecule has 1 saturated heterocycles. The van der Waals surface area contributed by atoms with Crippen LogP contribution in [-0.2, 0) is 14.9 Å². The van der Waals surface area contributed by atoms with Crippen LogP contribution in [-0.4, -0.2) is 44.8 Å². The smallest absolute Gasteiger partial charge is 0.339 e. The molecule has 1 amide bonds. The van der Waals surface area contributed by atoms with E-state index in [-0.39, 0.29) is 28.0 Å². The summed E-state index contributed by atoms with van der Waals surface area (Å²) in [5.74, 6) is -0.319. The number of nitrogens with zero attached hydrogens (tertiary/aromatic N) is 3. The van der Waals surface area contributed by atoms with Gasteiger partial charge in [0.25, 0.3) is 11.6 Å². The molecule has 10 nitrogen and oxygen atoms in total. The van der Waals surface area contributed by atoms with Crippen LogP contribution in [0.4, 0.5) is 17.1 Å². The summed E-state index contributed by atoms with van der Waals surface area (Å²) in [5, 5.41) is 11.2. The van der Waals surface area contributed by atoms with E-state index in [0.717, 1.165) is 23.5 Å². The highest BCUT2D eigenvalue weighted by molar-refractivity contribution is 8.27. The van der Waals surface area contributed by atoms with Crippen molar-refractivity contribution in [1.82, 2.24) is 0 Å². The number of aryl methyl sites for hydroxylation is 1. The van der Waals surface area contributed by atoms with E-state index in [1.807, 2.05) is 43.3 Å². The lowest BCUT2D eigenvalue weighted by atomic mass is 10.2. The van der Waals surface area contributed by atoms with Gasteiger partial charge >= 0.3 is 10.1 Å². The van der Waals surface area contributed by atoms with Crippen LogP contribution < -0.4 is 18.7 Å². The van der Waals surface area contributed by atoms with Crippen LogP contribution in [0.2, 0.25) is 0 Å². The molecule has 0 aromatic heterocycles. The largest absolute Gasteiger partial charge is 0.493 e. The molecule has 0 aliphatic carbocycles. The molecule has 4 rings (SSSR count). The predicted octanol–water partition coefficient (Wildman–Crippen LogP) is 5.15. The maximum absolute atomic E-state index is 13.2. The van der Waals surface area contributed by atoms with E-state index in [0.29, 0.717) is 26.0 Å². The standard InChI is InChI=1S/C26H23N3O7S3/c1-16-5-11-20(15-21(16)29(31)32)39(33,34)36-22-12-6-17(13-23(22)35-4)14-24-25(30)28(26(37)38-24)19-9-7-18(8-10-19)27(2)3/h5-15H,1-4H3/b24-14-. The Morgan fingerprint density at radius 1 is 1.05 bits per heavy atom. The van der Waals surface area contributed by atoms with Crippen LogP contribution in [0.15, 0.2) is 70.5 Å². The van der Waals surface area contributed by atoms with Gasteiger partial charge in [0.1, 0.15) is 4.90 Å². The van der Waals surface area contributed by atoms with Gasteiger partial charge in [-0.2, -0.15) is 8.42 Å². The SMILES string of the molecule is COc1cc(/C=C2\SC(=S)N(c3ccc(N(C)C)cc3)C2=O)ccc1OS(=O)(=O)c1ccc(C)c([N+](=O)[O-])c1. The van der Waals surface area contributed by atoms with Crippen molar-refractivity contribution >= 4 is 67.5 Å². The Balaban J connectivity index is 1.58. The lowest BCUT2D eigenvalue weighted by molar-refractivity contribution is -0.385. The summed E-state index contributed by atoms with van der Waals surface area (Å²) >= 11 is 6.60. The van der Waals surface area contributed by atoms with Crippen LogP contribution in [0.25, 0.3) is 6.08 Å². The van der Waals surface area contributed by atoms with Gasteiger partial charge in [-0.25, -0.2) is 0 Å². The number of nitro groups is 1. The molecule has 1 fully saturated rings. The molecule has 0 atom stereocenters. The van der Waals surface area contributed by atoms with Gasteiger partial charge in [0.15, 0.2) is 15.8 Å². The van der Waals surface area contributed by atoms with E-state index in [1.54, 1.807) is 12.1 Å². The molecule has 3 aromatic rings. The number of methoxy groups -OCH3 is 1. The average molecular weight is 586 g/mol. The highest BCUT2D eigenvalue weighted by Crippen LogP contribution is 2.38. The Bertz CT molecular complexity index is 1620. The number of hydrogen-bond acceptors (Lipinski definition) is 10. The first-order valence-corrected chi connectivity index (χ1v) is 14.0. The summed E-state index contributed by atoms with van der Waals surface area (Å²) < 4.78 is 36.6. The molecule has 0 saturated carbocycles. The third-order valence-corrected chi connectivity index (χ3v) is 8.30. The molecular formula is C26H23N3O7S3.